The third kappa shape index (κ3) is 3.12. The molecule has 2 aliphatic heterocycles. The van der Waals surface area contributed by atoms with Crippen LogP contribution in [0.5, 0.6) is 5.75 Å². The Morgan fingerprint density at radius 3 is 2.59 bits per heavy atom. The van der Waals surface area contributed by atoms with Gasteiger partial charge in [-0.25, -0.2) is 4.98 Å². The molecule has 3 heterocycles. The molecule has 2 saturated heterocycles. The number of anilines is 1. The van der Waals surface area contributed by atoms with Crippen LogP contribution in [0.25, 0.3) is 11.0 Å². The Morgan fingerprint density at radius 2 is 1.86 bits per heavy atom. The predicted molar refractivity (Wildman–Crippen MR) is 109 cm³/mol. The Bertz CT molecular complexity index is 1040. The van der Waals surface area contributed by atoms with Crippen molar-refractivity contribution >= 4 is 28.5 Å². The fourth-order valence-corrected chi connectivity index (χ4v) is 4.14. The summed E-state index contributed by atoms with van der Waals surface area (Å²) in [6.07, 6.45) is 0.261. The normalized spacial score (nSPS) is 19.6. The van der Waals surface area contributed by atoms with E-state index in [1.54, 1.807) is 12.0 Å². The van der Waals surface area contributed by atoms with Crippen molar-refractivity contribution in [3.63, 3.8) is 0 Å². The van der Waals surface area contributed by atoms with Crippen LogP contribution < -0.4 is 9.64 Å². The number of hydrogen-bond acceptors (Lipinski definition) is 4. The van der Waals surface area contributed by atoms with Crippen LogP contribution >= 0.6 is 0 Å². The second kappa shape index (κ2) is 6.92. The quantitative estimate of drug-likeness (QED) is 0.743. The van der Waals surface area contributed by atoms with Gasteiger partial charge in [0.15, 0.2) is 0 Å². The molecule has 7 heteroatoms. The van der Waals surface area contributed by atoms with Gasteiger partial charge < -0.3 is 19.5 Å². The van der Waals surface area contributed by atoms with Gasteiger partial charge in [0, 0.05) is 31.7 Å². The van der Waals surface area contributed by atoms with Crippen LogP contribution in [-0.2, 0) is 9.59 Å². The molecule has 0 radical (unpaired) electrons. The zero-order chi connectivity index (χ0) is 20.0. The van der Waals surface area contributed by atoms with E-state index in [9.17, 15) is 9.59 Å². The maximum Gasteiger partial charge on any atom is 0.228 e. The van der Waals surface area contributed by atoms with Gasteiger partial charge in [0.05, 0.1) is 30.0 Å². The highest BCUT2D eigenvalue weighted by Crippen LogP contribution is 2.32. The molecule has 2 amide bonds. The van der Waals surface area contributed by atoms with Gasteiger partial charge in [-0.15, -0.1) is 0 Å². The highest BCUT2D eigenvalue weighted by atomic mass is 16.5. The van der Waals surface area contributed by atoms with Crippen molar-refractivity contribution in [1.29, 1.82) is 0 Å². The van der Waals surface area contributed by atoms with Gasteiger partial charge in [0.25, 0.3) is 0 Å². The number of fused-ring (bicyclic) bond motifs is 1. The van der Waals surface area contributed by atoms with E-state index < -0.39 is 0 Å². The van der Waals surface area contributed by atoms with Crippen LogP contribution in [0, 0.1) is 5.92 Å². The number of likely N-dealkylation sites (tertiary alicyclic amines) is 1. The third-order valence-electron chi connectivity index (χ3n) is 5.85. The molecule has 2 aliphatic rings. The number of amides is 2. The van der Waals surface area contributed by atoms with E-state index in [0.29, 0.717) is 19.6 Å². The molecule has 0 bridgehead atoms. The molecule has 0 aliphatic carbocycles. The van der Waals surface area contributed by atoms with E-state index >= 15 is 0 Å². The standard InChI is InChI=1S/C22H22N4O3/c1-29-17-8-6-16(7-9-17)26-13-14(10-20(26)27)22(28)25-11-15(12-25)21-23-18-4-2-3-5-19(18)24-21/h2-9,14-15H,10-13H2,1H3,(H,23,24). The predicted octanol–water partition coefficient (Wildman–Crippen LogP) is 2.55. The average Bonchev–Trinajstić information content (AvgIpc) is 3.30. The number of benzene rings is 2. The summed E-state index contributed by atoms with van der Waals surface area (Å²) < 4.78 is 5.17. The fraction of sp³-hybridized carbons (Fsp3) is 0.318. The number of ether oxygens (including phenoxy) is 1. The number of carbonyl (C=O) groups is 2. The molecule has 148 valence electrons. The highest BCUT2D eigenvalue weighted by molar-refractivity contribution is 6.00. The van der Waals surface area contributed by atoms with E-state index in [1.807, 2.05) is 53.4 Å². The first kappa shape index (κ1) is 17.7. The van der Waals surface area contributed by atoms with Crippen molar-refractivity contribution in [1.82, 2.24) is 14.9 Å². The smallest absolute Gasteiger partial charge is 0.228 e. The molecular formula is C22H22N4O3. The molecule has 3 aromatic rings. The van der Waals surface area contributed by atoms with E-state index in [2.05, 4.69) is 9.97 Å². The number of aromatic nitrogens is 2. The maximum absolute atomic E-state index is 12.9. The van der Waals surface area contributed by atoms with Crippen LogP contribution in [0.4, 0.5) is 5.69 Å². The molecule has 1 N–H and O–H groups in total. The molecule has 0 saturated carbocycles. The Kier molecular flexibility index (Phi) is 4.23. The van der Waals surface area contributed by atoms with Gasteiger partial charge in [-0.05, 0) is 36.4 Å². The fourth-order valence-electron chi connectivity index (χ4n) is 4.14. The van der Waals surface area contributed by atoms with Gasteiger partial charge in [0.2, 0.25) is 11.8 Å². The SMILES string of the molecule is COc1ccc(N2CC(C(=O)N3CC(c4nc5ccccc5[nH]4)C3)CC2=O)cc1. The van der Waals surface area contributed by atoms with Gasteiger partial charge >= 0.3 is 0 Å². The summed E-state index contributed by atoms with van der Waals surface area (Å²) in [4.78, 5) is 36.9. The first-order chi connectivity index (χ1) is 14.1. The minimum Gasteiger partial charge on any atom is -0.497 e. The second-order valence-electron chi connectivity index (χ2n) is 7.68. The molecule has 2 aromatic carbocycles. The number of H-pyrrole nitrogens is 1. The van der Waals surface area contributed by atoms with Crippen molar-refractivity contribution in [2.24, 2.45) is 5.92 Å². The van der Waals surface area contributed by atoms with Crippen LogP contribution in [0.3, 0.4) is 0 Å². The number of nitrogens with one attached hydrogen (secondary N) is 1. The van der Waals surface area contributed by atoms with Crippen LogP contribution in [-0.4, -0.2) is 53.4 Å². The van der Waals surface area contributed by atoms with Crippen LogP contribution in [0.15, 0.2) is 48.5 Å². The summed E-state index contributed by atoms with van der Waals surface area (Å²) in [6.45, 7) is 1.72. The van der Waals surface area contributed by atoms with E-state index in [-0.39, 0.29) is 30.1 Å². The minimum absolute atomic E-state index is 0.0112. The van der Waals surface area contributed by atoms with Gasteiger partial charge in [0.1, 0.15) is 11.6 Å². The molecule has 0 spiro atoms. The van der Waals surface area contributed by atoms with Crippen molar-refractivity contribution in [3.05, 3.63) is 54.4 Å². The Balaban J connectivity index is 1.22. The van der Waals surface area contributed by atoms with Crippen molar-refractivity contribution < 1.29 is 14.3 Å². The molecule has 1 atom stereocenters. The molecule has 29 heavy (non-hydrogen) atoms. The van der Waals surface area contributed by atoms with E-state index in [4.69, 9.17) is 4.74 Å². The highest BCUT2D eigenvalue weighted by Gasteiger charge is 2.41. The average molecular weight is 390 g/mol. The number of imidazole rings is 1. The number of hydrogen-bond donors (Lipinski definition) is 1. The lowest BCUT2D eigenvalue weighted by atomic mass is 9.96. The largest absolute Gasteiger partial charge is 0.497 e. The summed E-state index contributed by atoms with van der Waals surface area (Å²) >= 11 is 0. The summed E-state index contributed by atoms with van der Waals surface area (Å²) in [5.41, 5.74) is 2.77. The lowest BCUT2D eigenvalue weighted by molar-refractivity contribution is -0.140. The molecule has 1 unspecified atom stereocenters. The number of methoxy groups -OCH3 is 1. The number of carbonyl (C=O) groups excluding carboxylic acids is 2. The number of nitrogens with zero attached hydrogens (tertiary/aromatic N) is 3. The Morgan fingerprint density at radius 1 is 1.10 bits per heavy atom. The van der Waals surface area contributed by atoms with Crippen LogP contribution in [0.1, 0.15) is 18.2 Å². The molecule has 2 fully saturated rings. The number of aromatic amines is 1. The lowest BCUT2D eigenvalue weighted by Gasteiger charge is -2.39. The maximum atomic E-state index is 12.9. The van der Waals surface area contributed by atoms with E-state index in [0.717, 1.165) is 28.3 Å². The number of rotatable bonds is 4. The molecule has 1 aromatic heterocycles. The summed E-state index contributed by atoms with van der Waals surface area (Å²) in [5.74, 6) is 1.65. The Labute approximate surface area is 168 Å². The van der Waals surface area contributed by atoms with Crippen LogP contribution in [0.2, 0.25) is 0 Å². The van der Waals surface area contributed by atoms with Gasteiger partial charge in [-0.2, -0.15) is 0 Å². The summed E-state index contributed by atoms with van der Waals surface area (Å²) in [7, 11) is 1.61. The topological polar surface area (TPSA) is 78.5 Å². The summed E-state index contributed by atoms with van der Waals surface area (Å²) in [5, 5.41) is 0. The van der Waals surface area contributed by atoms with Crippen molar-refractivity contribution in [3.8, 4) is 5.75 Å². The molecular weight excluding hydrogens is 368 g/mol. The Hall–Kier alpha value is -3.35. The third-order valence-corrected chi connectivity index (χ3v) is 5.85. The van der Waals surface area contributed by atoms with Gasteiger partial charge in [-0.1, -0.05) is 12.1 Å². The van der Waals surface area contributed by atoms with Crippen molar-refractivity contribution in [2.45, 2.75) is 12.3 Å². The zero-order valence-electron chi connectivity index (χ0n) is 16.2. The second-order valence-corrected chi connectivity index (χ2v) is 7.68. The number of para-hydroxylation sites is 2. The monoisotopic (exact) mass is 390 g/mol. The van der Waals surface area contributed by atoms with E-state index in [1.165, 1.54) is 0 Å². The minimum atomic E-state index is -0.291. The molecule has 7 nitrogen and oxygen atoms in total. The first-order valence-electron chi connectivity index (χ1n) is 9.80. The molecule has 5 rings (SSSR count). The van der Waals surface area contributed by atoms with Gasteiger partial charge in [-0.3, -0.25) is 9.59 Å². The van der Waals surface area contributed by atoms with Crippen molar-refractivity contribution in [2.75, 3.05) is 31.6 Å². The zero-order valence-corrected chi connectivity index (χ0v) is 16.2. The lowest BCUT2D eigenvalue weighted by Crippen LogP contribution is -2.51. The first-order valence-corrected chi connectivity index (χ1v) is 9.80. The summed E-state index contributed by atoms with van der Waals surface area (Å²) in [6, 6.07) is 15.3.